The lowest BCUT2D eigenvalue weighted by atomic mass is 10.0. The molecule has 1 fully saturated rings. The number of benzene rings is 1. The number of hydrogen-bond donors (Lipinski definition) is 3. The van der Waals surface area contributed by atoms with E-state index >= 15 is 0 Å². The van der Waals surface area contributed by atoms with Gasteiger partial charge < -0.3 is 28.8 Å². The third kappa shape index (κ3) is 4.00. The van der Waals surface area contributed by atoms with E-state index in [-0.39, 0.29) is 11.7 Å². The fourth-order valence-corrected chi connectivity index (χ4v) is 3.29. The van der Waals surface area contributed by atoms with Gasteiger partial charge in [-0.15, -0.1) is 0 Å². The van der Waals surface area contributed by atoms with Gasteiger partial charge in [0.1, 0.15) is 17.6 Å². The van der Waals surface area contributed by atoms with E-state index in [1.165, 1.54) is 6.07 Å². The van der Waals surface area contributed by atoms with E-state index < -0.39 is 40.2 Å². The topological polar surface area (TPSA) is 136 Å². The molecular weight excluding hydrogens is 368 g/mol. The zero-order chi connectivity index (χ0) is 18.9. The standard InChI is InChI=1S/C16H18O9S/c1-9-7-8-11(22-9)24-14-12(17)15(23-10-5-3-2-4-6-10)25-16(13(14)18)26(19,20)21/h2-8,12-18H,1H3,(H,19,20,21)/t12-,13+,14-,15-,16?/m1/s1. The van der Waals surface area contributed by atoms with Gasteiger partial charge in [-0.1, -0.05) is 18.2 Å². The van der Waals surface area contributed by atoms with E-state index in [1.807, 2.05) is 0 Å². The highest BCUT2D eigenvalue weighted by Gasteiger charge is 2.52. The van der Waals surface area contributed by atoms with Gasteiger partial charge in [-0.3, -0.25) is 4.55 Å². The summed E-state index contributed by atoms with van der Waals surface area (Å²) in [6.07, 6.45) is -6.47. The molecule has 26 heavy (non-hydrogen) atoms. The van der Waals surface area contributed by atoms with Crippen LogP contribution in [0.4, 0.5) is 0 Å². The van der Waals surface area contributed by atoms with Crippen LogP contribution in [-0.4, -0.2) is 53.2 Å². The molecule has 5 atom stereocenters. The average Bonchev–Trinajstić information content (AvgIpc) is 2.99. The van der Waals surface area contributed by atoms with E-state index in [4.69, 9.17) is 18.6 Å². The van der Waals surface area contributed by atoms with Crippen LogP contribution in [0.2, 0.25) is 0 Å². The molecule has 0 aliphatic carbocycles. The number of aliphatic hydroxyl groups is 2. The SMILES string of the molecule is Cc1ccc(O[C@@H]2[C@@H](O)[C@H](Oc3ccccc3)OC(S(=O)(=O)O)[C@H]2O)o1. The van der Waals surface area contributed by atoms with Gasteiger partial charge in [-0.05, 0) is 25.1 Å². The number of ether oxygens (including phenoxy) is 3. The van der Waals surface area contributed by atoms with Crippen molar-refractivity contribution in [2.24, 2.45) is 0 Å². The lowest BCUT2D eigenvalue weighted by Crippen LogP contribution is -2.62. The molecule has 1 aliphatic heterocycles. The van der Waals surface area contributed by atoms with Gasteiger partial charge in [-0.2, -0.15) is 8.42 Å². The minimum Gasteiger partial charge on any atom is -0.462 e. The Morgan fingerprint density at radius 1 is 1.00 bits per heavy atom. The molecule has 3 rings (SSSR count). The van der Waals surface area contributed by atoms with Crippen molar-refractivity contribution in [3.05, 3.63) is 48.2 Å². The second-order valence-corrected chi connectivity index (χ2v) is 7.24. The molecule has 142 valence electrons. The van der Waals surface area contributed by atoms with Crippen molar-refractivity contribution >= 4 is 10.1 Å². The number of furan rings is 1. The Kier molecular flexibility index (Phi) is 5.21. The monoisotopic (exact) mass is 386 g/mol. The number of aliphatic hydroxyl groups excluding tert-OH is 2. The smallest absolute Gasteiger partial charge is 0.295 e. The molecule has 1 unspecified atom stereocenters. The molecule has 0 bridgehead atoms. The first-order chi connectivity index (χ1) is 12.3. The molecule has 1 aromatic carbocycles. The van der Waals surface area contributed by atoms with Crippen molar-refractivity contribution in [3.8, 4) is 11.7 Å². The molecule has 10 heteroatoms. The van der Waals surface area contributed by atoms with Crippen LogP contribution in [0.3, 0.4) is 0 Å². The second-order valence-electron chi connectivity index (χ2n) is 5.75. The third-order valence-electron chi connectivity index (χ3n) is 3.76. The Morgan fingerprint density at radius 3 is 2.27 bits per heavy atom. The first-order valence-electron chi connectivity index (χ1n) is 7.68. The van der Waals surface area contributed by atoms with E-state index in [9.17, 15) is 23.2 Å². The summed E-state index contributed by atoms with van der Waals surface area (Å²) in [7, 11) is -4.82. The predicted octanol–water partition coefficient (Wildman–Crippen LogP) is 0.706. The summed E-state index contributed by atoms with van der Waals surface area (Å²) in [5.74, 6) is 0.758. The van der Waals surface area contributed by atoms with Crippen molar-refractivity contribution in [1.82, 2.24) is 0 Å². The zero-order valence-electron chi connectivity index (χ0n) is 13.6. The minimum absolute atomic E-state index is 0.0416. The molecule has 1 aliphatic rings. The van der Waals surface area contributed by atoms with Gasteiger partial charge in [0, 0.05) is 6.07 Å². The van der Waals surface area contributed by atoms with Crippen molar-refractivity contribution in [1.29, 1.82) is 0 Å². The number of aryl methyl sites for hydroxylation is 1. The van der Waals surface area contributed by atoms with Gasteiger partial charge >= 0.3 is 0 Å². The largest absolute Gasteiger partial charge is 0.462 e. The van der Waals surface area contributed by atoms with Gasteiger partial charge in [0.05, 0.1) is 0 Å². The van der Waals surface area contributed by atoms with Crippen LogP contribution in [0.5, 0.6) is 11.7 Å². The van der Waals surface area contributed by atoms with Gasteiger partial charge in [0.25, 0.3) is 16.1 Å². The van der Waals surface area contributed by atoms with Crippen LogP contribution in [0.25, 0.3) is 0 Å². The van der Waals surface area contributed by atoms with E-state index in [0.29, 0.717) is 5.76 Å². The van der Waals surface area contributed by atoms with Gasteiger partial charge in [0.2, 0.25) is 11.7 Å². The molecular formula is C16H18O9S. The van der Waals surface area contributed by atoms with Crippen LogP contribution in [0, 0.1) is 6.92 Å². The van der Waals surface area contributed by atoms with Crippen molar-refractivity contribution < 1.29 is 41.8 Å². The second kappa shape index (κ2) is 7.25. The molecule has 2 heterocycles. The maximum atomic E-state index is 11.6. The van der Waals surface area contributed by atoms with Crippen LogP contribution in [-0.2, 0) is 14.9 Å². The summed E-state index contributed by atoms with van der Waals surface area (Å²) in [5, 5.41) is 20.7. The predicted molar refractivity (Wildman–Crippen MR) is 87.2 cm³/mol. The van der Waals surface area contributed by atoms with E-state index in [2.05, 4.69) is 0 Å². The first-order valence-corrected chi connectivity index (χ1v) is 9.19. The Balaban J connectivity index is 1.87. The fourth-order valence-electron chi connectivity index (χ4n) is 2.53. The highest BCUT2D eigenvalue weighted by molar-refractivity contribution is 7.86. The highest BCUT2D eigenvalue weighted by atomic mass is 32.2. The van der Waals surface area contributed by atoms with Crippen LogP contribution in [0.15, 0.2) is 46.9 Å². The average molecular weight is 386 g/mol. The highest BCUT2D eigenvalue weighted by Crippen LogP contribution is 2.30. The Hall–Kier alpha value is -2.11. The Labute approximate surface area is 149 Å². The lowest BCUT2D eigenvalue weighted by Gasteiger charge is -2.40. The molecule has 0 spiro atoms. The normalized spacial score (nSPS) is 29.3. The van der Waals surface area contributed by atoms with Crippen molar-refractivity contribution in [2.75, 3.05) is 0 Å². The summed E-state index contributed by atoms with van der Waals surface area (Å²) in [6, 6.07) is 11.2. The summed E-state index contributed by atoms with van der Waals surface area (Å²) in [4.78, 5) is 0. The lowest BCUT2D eigenvalue weighted by molar-refractivity contribution is -0.250. The van der Waals surface area contributed by atoms with Crippen molar-refractivity contribution in [2.45, 2.75) is 37.0 Å². The van der Waals surface area contributed by atoms with Crippen LogP contribution < -0.4 is 9.47 Å². The maximum absolute atomic E-state index is 11.6. The summed E-state index contributed by atoms with van der Waals surface area (Å²) in [6.45, 7) is 1.66. The number of hydrogen-bond acceptors (Lipinski definition) is 8. The quantitative estimate of drug-likeness (QED) is 0.635. The molecule has 9 nitrogen and oxygen atoms in total. The summed E-state index contributed by atoms with van der Waals surface area (Å²) in [5.41, 5.74) is -2.07. The molecule has 3 N–H and O–H groups in total. The molecule has 0 amide bonds. The molecule has 1 saturated heterocycles. The van der Waals surface area contributed by atoms with Gasteiger partial charge in [-0.25, -0.2) is 0 Å². The van der Waals surface area contributed by atoms with Crippen LogP contribution >= 0.6 is 0 Å². The Morgan fingerprint density at radius 2 is 1.69 bits per heavy atom. The number of para-hydroxylation sites is 1. The molecule has 2 aromatic rings. The van der Waals surface area contributed by atoms with E-state index in [1.54, 1.807) is 43.3 Å². The van der Waals surface area contributed by atoms with Crippen molar-refractivity contribution in [3.63, 3.8) is 0 Å². The minimum atomic E-state index is -4.82. The Bertz CT molecular complexity index is 832. The van der Waals surface area contributed by atoms with Crippen LogP contribution in [0.1, 0.15) is 5.76 Å². The fraction of sp³-hybridized carbons (Fsp3) is 0.375. The molecule has 1 aromatic heterocycles. The van der Waals surface area contributed by atoms with Gasteiger partial charge in [0.15, 0.2) is 12.2 Å². The number of rotatable bonds is 5. The summed E-state index contributed by atoms with van der Waals surface area (Å²) >= 11 is 0. The zero-order valence-corrected chi connectivity index (χ0v) is 14.4. The first kappa shape index (κ1) is 18.7. The maximum Gasteiger partial charge on any atom is 0.295 e. The summed E-state index contributed by atoms with van der Waals surface area (Å²) < 4.78 is 53.6. The van der Waals surface area contributed by atoms with E-state index in [0.717, 1.165) is 0 Å². The molecule has 0 radical (unpaired) electrons. The third-order valence-corrected chi connectivity index (χ3v) is 4.73. The molecule has 0 saturated carbocycles.